The van der Waals surface area contributed by atoms with Gasteiger partial charge in [0.25, 0.3) is 5.91 Å². The van der Waals surface area contributed by atoms with Gasteiger partial charge in [-0.3, -0.25) is 9.59 Å². The molecule has 0 aliphatic heterocycles. The Balaban J connectivity index is 1.54. The first-order chi connectivity index (χ1) is 15.1. The second-order valence-electron chi connectivity index (χ2n) is 7.20. The van der Waals surface area contributed by atoms with Gasteiger partial charge in [-0.25, -0.2) is 9.98 Å². The molecule has 1 aliphatic carbocycles. The standard InChI is InChI=1S/C20H22F3N5O4/c1-27-9-16(25-11-27)19(30)28(14-3-2-4-14)10-17(29)31-12-26-18(24)13-5-7-15(8-6-13)32-20(21,22)23/h5-9,11,14H,2-4,10,12H2,1H3,(H2,24,26). The highest BCUT2D eigenvalue weighted by Gasteiger charge is 2.32. The average molecular weight is 453 g/mol. The maximum atomic E-state index is 12.7. The summed E-state index contributed by atoms with van der Waals surface area (Å²) >= 11 is 0. The summed E-state index contributed by atoms with van der Waals surface area (Å²) < 4.78 is 47.1. The van der Waals surface area contributed by atoms with Crippen molar-refractivity contribution < 1.29 is 32.2 Å². The maximum Gasteiger partial charge on any atom is 0.573 e. The molecule has 0 saturated heterocycles. The van der Waals surface area contributed by atoms with Crippen molar-refractivity contribution in [3.8, 4) is 5.75 Å². The third-order valence-electron chi connectivity index (χ3n) is 4.84. The van der Waals surface area contributed by atoms with Crippen molar-refractivity contribution in [2.45, 2.75) is 31.7 Å². The fourth-order valence-electron chi connectivity index (χ4n) is 3.01. The molecule has 1 amide bonds. The van der Waals surface area contributed by atoms with E-state index in [4.69, 9.17) is 10.5 Å². The van der Waals surface area contributed by atoms with Crippen LogP contribution in [0.2, 0.25) is 0 Å². The topological polar surface area (TPSA) is 112 Å². The Kier molecular flexibility index (Phi) is 7.01. The molecule has 1 fully saturated rings. The van der Waals surface area contributed by atoms with Crippen LogP contribution in [0.4, 0.5) is 13.2 Å². The number of halogens is 3. The largest absolute Gasteiger partial charge is 0.573 e. The molecule has 0 unspecified atom stereocenters. The van der Waals surface area contributed by atoms with Gasteiger partial charge >= 0.3 is 12.3 Å². The van der Waals surface area contributed by atoms with Crippen molar-refractivity contribution in [3.05, 3.63) is 48.0 Å². The number of amidine groups is 1. The number of rotatable bonds is 8. The molecule has 9 nitrogen and oxygen atoms in total. The molecule has 0 atom stereocenters. The van der Waals surface area contributed by atoms with E-state index in [1.807, 2.05) is 0 Å². The number of benzene rings is 1. The maximum absolute atomic E-state index is 12.7. The van der Waals surface area contributed by atoms with E-state index < -0.39 is 24.8 Å². The van der Waals surface area contributed by atoms with Gasteiger partial charge in [-0.1, -0.05) is 0 Å². The molecular formula is C20H22F3N5O4. The zero-order valence-corrected chi connectivity index (χ0v) is 17.2. The Morgan fingerprint density at radius 3 is 2.50 bits per heavy atom. The molecule has 1 aliphatic rings. The lowest BCUT2D eigenvalue weighted by Crippen LogP contribution is -2.47. The number of nitrogens with two attached hydrogens (primary N) is 1. The molecule has 1 aromatic carbocycles. The minimum Gasteiger partial charge on any atom is -0.441 e. The molecule has 12 heteroatoms. The predicted molar refractivity (Wildman–Crippen MR) is 107 cm³/mol. The number of aromatic nitrogens is 2. The molecule has 0 bridgehead atoms. The number of hydrogen-bond donors (Lipinski definition) is 1. The number of aliphatic imine (C=N–C) groups is 1. The number of hydrogen-bond acceptors (Lipinski definition) is 6. The first-order valence-electron chi connectivity index (χ1n) is 9.73. The highest BCUT2D eigenvalue weighted by atomic mass is 19.4. The monoisotopic (exact) mass is 453 g/mol. The quantitative estimate of drug-likeness (QED) is 0.373. The lowest BCUT2D eigenvalue weighted by atomic mass is 9.91. The van der Waals surface area contributed by atoms with Crippen LogP contribution in [0.5, 0.6) is 5.75 Å². The highest BCUT2D eigenvalue weighted by Crippen LogP contribution is 2.26. The summed E-state index contributed by atoms with van der Waals surface area (Å²) in [5, 5.41) is 0. The predicted octanol–water partition coefficient (Wildman–Crippen LogP) is 2.22. The molecule has 1 heterocycles. The lowest BCUT2D eigenvalue weighted by molar-refractivity contribution is -0.274. The number of amides is 1. The van der Waals surface area contributed by atoms with Gasteiger partial charge in [-0.15, -0.1) is 13.2 Å². The van der Waals surface area contributed by atoms with Gasteiger partial charge < -0.3 is 24.7 Å². The van der Waals surface area contributed by atoms with Gasteiger partial charge in [-0.05, 0) is 43.5 Å². The first-order valence-corrected chi connectivity index (χ1v) is 9.73. The molecule has 3 rings (SSSR count). The van der Waals surface area contributed by atoms with Crippen molar-refractivity contribution in [2.75, 3.05) is 13.3 Å². The summed E-state index contributed by atoms with van der Waals surface area (Å²) in [6.45, 7) is -0.652. The van der Waals surface area contributed by atoms with E-state index in [1.165, 1.54) is 23.4 Å². The van der Waals surface area contributed by atoms with E-state index in [2.05, 4.69) is 14.7 Å². The fourth-order valence-corrected chi connectivity index (χ4v) is 3.01. The van der Waals surface area contributed by atoms with Crippen molar-refractivity contribution >= 4 is 17.7 Å². The number of carbonyl (C=O) groups excluding carboxylic acids is 2. The van der Waals surface area contributed by atoms with E-state index >= 15 is 0 Å². The van der Waals surface area contributed by atoms with Crippen molar-refractivity contribution in [3.63, 3.8) is 0 Å². The number of carbonyl (C=O) groups is 2. The van der Waals surface area contributed by atoms with Crippen LogP contribution in [0.3, 0.4) is 0 Å². The molecule has 2 N–H and O–H groups in total. The van der Waals surface area contributed by atoms with Crippen LogP contribution < -0.4 is 10.5 Å². The Bertz CT molecular complexity index is 984. The van der Waals surface area contributed by atoms with E-state index in [9.17, 15) is 22.8 Å². The summed E-state index contributed by atoms with van der Waals surface area (Å²) in [7, 11) is 1.74. The molecule has 1 saturated carbocycles. The van der Waals surface area contributed by atoms with Crippen LogP contribution >= 0.6 is 0 Å². The first kappa shape index (κ1) is 23.1. The van der Waals surface area contributed by atoms with E-state index in [1.54, 1.807) is 17.8 Å². The van der Waals surface area contributed by atoms with Gasteiger partial charge in [-0.2, -0.15) is 0 Å². The summed E-state index contributed by atoms with van der Waals surface area (Å²) in [4.78, 5) is 34.4. The Morgan fingerprint density at radius 1 is 1.28 bits per heavy atom. The number of imidazole rings is 1. The zero-order chi connectivity index (χ0) is 23.3. The van der Waals surface area contributed by atoms with Gasteiger partial charge in [0.1, 0.15) is 23.8 Å². The zero-order valence-electron chi connectivity index (χ0n) is 17.2. The summed E-state index contributed by atoms with van der Waals surface area (Å²) in [5.41, 5.74) is 6.36. The minimum absolute atomic E-state index is 0.0308. The molecule has 172 valence electrons. The molecule has 32 heavy (non-hydrogen) atoms. The van der Waals surface area contributed by atoms with Crippen molar-refractivity contribution in [1.29, 1.82) is 0 Å². The van der Waals surface area contributed by atoms with Crippen LogP contribution in [0.1, 0.15) is 35.3 Å². The number of esters is 1. The van der Waals surface area contributed by atoms with Gasteiger partial charge in [0.05, 0.1) is 6.33 Å². The Labute approximate surface area is 181 Å². The van der Waals surface area contributed by atoms with E-state index in [0.717, 1.165) is 31.4 Å². The fraction of sp³-hybridized carbons (Fsp3) is 0.400. The minimum atomic E-state index is -4.79. The second-order valence-corrected chi connectivity index (χ2v) is 7.20. The van der Waals surface area contributed by atoms with Crippen LogP contribution in [-0.2, 0) is 16.6 Å². The molecule has 0 radical (unpaired) electrons. The normalized spacial score (nSPS) is 14.6. The molecule has 2 aromatic rings. The van der Waals surface area contributed by atoms with Crippen molar-refractivity contribution in [1.82, 2.24) is 14.5 Å². The number of aryl methyl sites for hydroxylation is 1. The van der Waals surface area contributed by atoms with E-state index in [-0.39, 0.29) is 30.0 Å². The third-order valence-corrected chi connectivity index (χ3v) is 4.84. The van der Waals surface area contributed by atoms with Crippen LogP contribution in [0.25, 0.3) is 0 Å². The lowest BCUT2D eigenvalue weighted by Gasteiger charge is -2.36. The number of ether oxygens (including phenoxy) is 2. The van der Waals surface area contributed by atoms with Crippen molar-refractivity contribution in [2.24, 2.45) is 17.8 Å². The number of nitrogens with zero attached hydrogens (tertiary/aromatic N) is 4. The molecular weight excluding hydrogens is 431 g/mol. The average Bonchev–Trinajstić information content (AvgIpc) is 3.11. The third kappa shape index (κ3) is 6.22. The van der Waals surface area contributed by atoms with E-state index in [0.29, 0.717) is 5.56 Å². The van der Waals surface area contributed by atoms with Crippen LogP contribution in [0.15, 0.2) is 41.8 Å². The van der Waals surface area contributed by atoms with Crippen LogP contribution in [0, 0.1) is 0 Å². The van der Waals surface area contributed by atoms with Gasteiger partial charge in [0, 0.05) is 24.8 Å². The summed E-state index contributed by atoms with van der Waals surface area (Å²) in [6, 6.07) is 4.73. The van der Waals surface area contributed by atoms with Gasteiger partial charge in [0.15, 0.2) is 6.73 Å². The summed E-state index contributed by atoms with van der Waals surface area (Å²) in [5.74, 6) is -1.44. The van der Waals surface area contributed by atoms with Gasteiger partial charge in [0.2, 0.25) is 0 Å². The SMILES string of the molecule is Cn1cnc(C(=O)N(CC(=O)OCN=C(N)c2ccc(OC(F)(F)F)cc2)C2CCC2)c1. The Hall–Kier alpha value is -3.57. The highest BCUT2D eigenvalue weighted by molar-refractivity contribution is 5.97. The summed E-state index contributed by atoms with van der Waals surface area (Å²) in [6.07, 6.45) is 0.856. The van der Waals surface area contributed by atoms with Crippen LogP contribution in [-0.4, -0.2) is 57.8 Å². The number of alkyl halides is 3. The second kappa shape index (κ2) is 9.71. The molecule has 0 spiro atoms. The smallest absolute Gasteiger partial charge is 0.441 e. The Morgan fingerprint density at radius 2 is 1.97 bits per heavy atom. The molecule has 1 aromatic heterocycles.